The van der Waals surface area contributed by atoms with Gasteiger partial charge in [0.25, 0.3) is 5.91 Å². The normalized spacial score (nSPS) is 26.4. The lowest BCUT2D eigenvalue weighted by Gasteiger charge is -2.36. The highest BCUT2D eigenvalue weighted by molar-refractivity contribution is 6.37. The molecule has 2 aliphatic carbocycles. The molecule has 10 heteroatoms. The number of hydrogen-bond donors (Lipinski definition) is 3. The topological polar surface area (TPSA) is 148 Å². The van der Waals surface area contributed by atoms with Crippen LogP contribution in [-0.2, 0) is 23.9 Å². The highest BCUT2D eigenvalue weighted by Crippen LogP contribution is 2.62. The highest BCUT2D eigenvalue weighted by Gasteiger charge is 2.62. The summed E-state index contributed by atoms with van der Waals surface area (Å²) in [5, 5.41) is 5.54. The van der Waals surface area contributed by atoms with Crippen LogP contribution in [0.5, 0.6) is 0 Å². The van der Waals surface area contributed by atoms with Crippen LogP contribution < -0.4 is 16.4 Å². The maximum absolute atomic E-state index is 14.1. The van der Waals surface area contributed by atoms with Gasteiger partial charge in [0.15, 0.2) is 0 Å². The number of nitrogens with zero attached hydrogens (tertiary/aromatic N) is 1. The number of ketones is 1. The van der Waals surface area contributed by atoms with Crippen LogP contribution in [0, 0.1) is 22.7 Å². The van der Waals surface area contributed by atoms with E-state index in [4.69, 9.17) is 10.5 Å². The monoisotopic (exact) mass is 548 g/mol. The van der Waals surface area contributed by atoms with E-state index in [0.29, 0.717) is 25.3 Å². The third kappa shape index (κ3) is 7.51. The van der Waals surface area contributed by atoms with Crippen molar-refractivity contribution in [3.63, 3.8) is 0 Å². The predicted molar refractivity (Wildman–Crippen MR) is 146 cm³/mol. The maximum Gasteiger partial charge on any atom is 0.408 e. The van der Waals surface area contributed by atoms with E-state index in [2.05, 4.69) is 17.6 Å². The number of alkyl carbamates (subject to hydrolysis) is 1. The van der Waals surface area contributed by atoms with Gasteiger partial charge in [-0.2, -0.15) is 0 Å². The van der Waals surface area contributed by atoms with Gasteiger partial charge in [-0.1, -0.05) is 59.8 Å². The number of hydrogen-bond acceptors (Lipinski definition) is 6. The molecule has 10 nitrogen and oxygen atoms in total. The van der Waals surface area contributed by atoms with Crippen molar-refractivity contribution in [2.45, 2.75) is 124 Å². The summed E-state index contributed by atoms with van der Waals surface area (Å²) in [7, 11) is 0. The van der Waals surface area contributed by atoms with Gasteiger partial charge in [0, 0.05) is 6.54 Å². The summed E-state index contributed by atoms with van der Waals surface area (Å²) < 4.78 is 5.43. The lowest BCUT2D eigenvalue weighted by Crippen LogP contribution is -2.59. The van der Waals surface area contributed by atoms with E-state index in [0.717, 1.165) is 38.5 Å². The number of nitrogens with one attached hydrogen (secondary N) is 2. The Morgan fingerprint density at radius 2 is 1.67 bits per heavy atom. The molecule has 0 aromatic rings. The van der Waals surface area contributed by atoms with Gasteiger partial charge < -0.3 is 26.0 Å². The number of rotatable bonds is 10. The standard InChI is InChI=1S/C29H48N4O6/c1-8-10-18-14-29(18)15-20(24(36)31-19(21(34)23(30)35)13-17-11-9-12-17)33(16-29)25(37)22(27(2,3)4)32-26(38)39-28(5,6)7/h17-20,22H,8-16H2,1-7H3,(H2,30,35)(H,31,36)(H,32,38)/t18?,19?,20-,22+,29-/m0/s1. The quantitative estimate of drug-likeness (QED) is 0.357. The van der Waals surface area contributed by atoms with Crippen molar-refractivity contribution in [1.29, 1.82) is 0 Å². The second-order valence-electron chi connectivity index (χ2n) is 14.0. The first-order valence-electron chi connectivity index (χ1n) is 14.4. The summed E-state index contributed by atoms with van der Waals surface area (Å²) in [5.41, 5.74) is 3.75. The van der Waals surface area contributed by atoms with Gasteiger partial charge in [-0.25, -0.2) is 4.79 Å². The number of amides is 4. The number of likely N-dealkylation sites (tertiary alicyclic amines) is 1. The van der Waals surface area contributed by atoms with Gasteiger partial charge in [-0.3, -0.25) is 19.2 Å². The van der Waals surface area contributed by atoms with Crippen LogP contribution in [-0.4, -0.2) is 64.8 Å². The molecule has 3 rings (SSSR count). The highest BCUT2D eigenvalue weighted by atomic mass is 16.6. The Balaban J connectivity index is 1.85. The van der Waals surface area contributed by atoms with Gasteiger partial charge in [-0.15, -0.1) is 0 Å². The van der Waals surface area contributed by atoms with E-state index in [9.17, 15) is 24.0 Å². The Kier molecular flexibility index (Phi) is 9.07. The molecule has 2 saturated carbocycles. The second kappa shape index (κ2) is 11.5. The first kappa shape index (κ1) is 30.9. The minimum atomic E-state index is -1.07. The van der Waals surface area contributed by atoms with Crippen LogP contribution in [0.4, 0.5) is 4.79 Å². The largest absolute Gasteiger partial charge is 0.444 e. The summed E-state index contributed by atoms with van der Waals surface area (Å²) in [6, 6.07) is -2.74. The first-order valence-corrected chi connectivity index (χ1v) is 14.4. The van der Waals surface area contributed by atoms with Gasteiger partial charge in [0.2, 0.25) is 17.6 Å². The third-order valence-electron chi connectivity index (χ3n) is 8.49. The minimum absolute atomic E-state index is 0.154. The fraction of sp³-hybridized carbons (Fsp3) is 0.828. The maximum atomic E-state index is 14.1. The zero-order chi connectivity index (χ0) is 29.3. The van der Waals surface area contributed by atoms with E-state index in [1.54, 1.807) is 25.7 Å². The SMILES string of the molecule is CCCC1C[C@@]12C[C@@H](C(=O)NC(CC1CCC1)C(=O)C(N)=O)N(C(=O)[C@@H](NC(=O)OC(C)(C)C)C(C)(C)C)C2. The molecule has 0 radical (unpaired) electrons. The van der Waals surface area contributed by atoms with Crippen LogP contribution in [0.2, 0.25) is 0 Å². The van der Waals surface area contributed by atoms with Gasteiger partial charge in [0.05, 0.1) is 6.04 Å². The number of carbonyl (C=O) groups excluding carboxylic acids is 5. The zero-order valence-electron chi connectivity index (χ0n) is 24.7. The Hall–Kier alpha value is -2.65. The second-order valence-corrected chi connectivity index (χ2v) is 14.0. The molecule has 2 unspecified atom stereocenters. The number of carbonyl (C=O) groups is 5. The summed E-state index contributed by atoms with van der Waals surface area (Å²) in [4.78, 5) is 66.4. The molecule has 4 N–H and O–H groups in total. The van der Waals surface area contributed by atoms with E-state index in [-0.39, 0.29) is 17.2 Å². The zero-order valence-corrected chi connectivity index (χ0v) is 24.7. The minimum Gasteiger partial charge on any atom is -0.444 e. The van der Waals surface area contributed by atoms with Gasteiger partial charge >= 0.3 is 6.09 Å². The van der Waals surface area contributed by atoms with Crippen LogP contribution in [0.1, 0.15) is 99.8 Å². The molecule has 220 valence electrons. The Morgan fingerprint density at radius 1 is 1.03 bits per heavy atom. The van der Waals surface area contributed by atoms with Crippen molar-refractivity contribution < 1.29 is 28.7 Å². The molecule has 3 aliphatic rings. The van der Waals surface area contributed by atoms with E-state index in [1.807, 2.05) is 20.8 Å². The molecule has 3 fully saturated rings. The Labute approximate surface area is 232 Å². The van der Waals surface area contributed by atoms with Crippen molar-refractivity contribution in [2.24, 2.45) is 28.4 Å². The van der Waals surface area contributed by atoms with Crippen LogP contribution in [0.15, 0.2) is 0 Å². The van der Waals surface area contributed by atoms with E-state index >= 15 is 0 Å². The molecule has 5 atom stereocenters. The molecular formula is C29H48N4O6. The molecule has 0 aromatic carbocycles. The van der Waals surface area contributed by atoms with Gasteiger partial charge in [-0.05, 0) is 62.7 Å². The molecular weight excluding hydrogens is 500 g/mol. The summed E-state index contributed by atoms with van der Waals surface area (Å²) in [5.74, 6) is -2.02. The average molecular weight is 549 g/mol. The summed E-state index contributed by atoms with van der Waals surface area (Å²) in [6.45, 7) is 13.3. The molecule has 0 aromatic heterocycles. The van der Waals surface area contributed by atoms with E-state index < -0.39 is 52.8 Å². The molecule has 1 heterocycles. The number of ether oxygens (including phenoxy) is 1. The smallest absolute Gasteiger partial charge is 0.408 e. The summed E-state index contributed by atoms with van der Waals surface area (Å²) in [6.07, 6.45) is 6.05. The lowest BCUT2D eigenvalue weighted by molar-refractivity contribution is -0.143. The Morgan fingerprint density at radius 3 is 2.15 bits per heavy atom. The van der Waals surface area contributed by atoms with Crippen molar-refractivity contribution in [3.8, 4) is 0 Å². The fourth-order valence-corrected chi connectivity index (χ4v) is 6.08. The van der Waals surface area contributed by atoms with Crippen LogP contribution in [0.3, 0.4) is 0 Å². The van der Waals surface area contributed by atoms with Crippen molar-refractivity contribution in [3.05, 3.63) is 0 Å². The van der Waals surface area contributed by atoms with Crippen molar-refractivity contribution in [2.75, 3.05) is 6.54 Å². The molecule has 1 aliphatic heterocycles. The predicted octanol–water partition coefficient (Wildman–Crippen LogP) is 3.06. The Bertz CT molecular complexity index is 979. The van der Waals surface area contributed by atoms with Gasteiger partial charge in [0.1, 0.15) is 17.7 Å². The summed E-state index contributed by atoms with van der Waals surface area (Å²) >= 11 is 0. The van der Waals surface area contributed by atoms with Crippen LogP contribution >= 0.6 is 0 Å². The van der Waals surface area contributed by atoms with E-state index in [1.165, 1.54) is 0 Å². The van der Waals surface area contributed by atoms with Crippen molar-refractivity contribution in [1.82, 2.24) is 15.5 Å². The molecule has 0 bridgehead atoms. The lowest BCUT2D eigenvalue weighted by atomic mass is 9.80. The molecule has 39 heavy (non-hydrogen) atoms. The molecule has 1 saturated heterocycles. The third-order valence-corrected chi connectivity index (χ3v) is 8.49. The first-order chi connectivity index (χ1) is 18.0. The average Bonchev–Trinajstić information content (AvgIpc) is 3.27. The number of Topliss-reactive ketones (excluding diaryl/α,β-unsaturated/α-hetero) is 1. The molecule has 4 amide bonds. The number of primary amides is 1. The number of nitrogens with two attached hydrogens (primary N) is 1. The van der Waals surface area contributed by atoms with Crippen molar-refractivity contribution >= 4 is 29.6 Å². The molecule has 1 spiro atoms. The fourth-order valence-electron chi connectivity index (χ4n) is 6.08. The van der Waals surface area contributed by atoms with Crippen LogP contribution in [0.25, 0.3) is 0 Å².